The average molecular weight is 382 g/mol. The highest BCUT2D eigenvalue weighted by Crippen LogP contribution is 2.28. The molecule has 0 aliphatic carbocycles. The Hall–Kier alpha value is -2.41. The summed E-state index contributed by atoms with van der Waals surface area (Å²) in [5.41, 5.74) is 1.71. The zero-order chi connectivity index (χ0) is 18.8. The molecular formula is C20H23N5OS. The third kappa shape index (κ3) is 3.56. The van der Waals surface area contributed by atoms with Crippen LogP contribution in [0, 0.1) is 0 Å². The number of fused-ring (bicyclic) bond motifs is 1. The van der Waals surface area contributed by atoms with Gasteiger partial charge in [0.15, 0.2) is 5.65 Å². The lowest BCUT2D eigenvalue weighted by Gasteiger charge is -2.39. The Morgan fingerprint density at radius 3 is 2.63 bits per heavy atom. The summed E-state index contributed by atoms with van der Waals surface area (Å²) >= 11 is 1.47. The minimum Gasteiger partial charge on any atom is -0.337 e. The number of nitrogens with zero attached hydrogens (tertiary/aromatic N) is 5. The number of hydrogen-bond acceptors (Lipinski definition) is 5. The normalized spacial score (nSPS) is 20.1. The van der Waals surface area contributed by atoms with Gasteiger partial charge >= 0.3 is 0 Å². The van der Waals surface area contributed by atoms with Crippen molar-refractivity contribution in [2.24, 2.45) is 0 Å². The lowest BCUT2D eigenvalue weighted by molar-refractivity contribution is -0.134. The smallest absolute Gasteiger partial charge is 0.233 e. The highest BCUT2D eigenvalue weighted by molar-refractivity contribution is 8.00. The van der Waals surface area contributed by atoms with E-state index in [4.69, 9.17) is 0 Å². The third-order valence-electron chi connectivity index (χ3n) is 5.14. The van der Waals surface area contributed by atoms with Crippen molar-refractivity contribution in [2.45, 2.75) is 50.2 Å². The van der Waals surface area contributed by atoms with Crippen LogP contribution in [0.1, 0.15) is 33.1 Å². The van der Waals surface area contributed by atoms with E-state index in [9.17, 15) is 4.79 Å². The molecule has 1 aliphatic heterocycles. The predicted molar refractivity (Wildman–Crippen MR) is 107 cm³/mol. The summed E-state index contributed by atoms with van der Waals surface area (Å²) < 4.78 is 1.80. The maximum atomic E-state index is 12.8. The van der Waals surface area contributed by atoms with Crippen LogP contribution in [0.2, 0.25) is 0 Å². The second-order valence-electron chi connectivity index (χ2n) is 7.03. The Bertz CT molecular complexity index is 932. The largest absolute Gasteiger partial charge is 0.337 e. The van der Waals surface area contributed by atoms with Crippen molar-refractivity contribution < 1.29 is 4.79 Å². The van der Waals surface area contributed by atoms with Crippen LogP contribution in [0.4, 0.5) is 0 Å². The highest BCUT2D eigenvalue weighted by atomic mass is 32.2. The van der Waals surface area contributed by atoms with Crippen LogP contribution in [0.5, 0.6) is 0 Å². The number of piperidine rings is 1. The number of thioether (sulfide) groups is 1. The maximum absolute atomic E-state index is 12.8. The monoisotopic (exact) mass is 381 g/mol. The van der Waals surface area contributed by atoms with Gasteiger partial charge in [0.2, 0.25) is 5.91 Å². The first kappa shape index (κ1) is 18.0. The molecular weight excluding hydrogens is 358 g/mol. The van der Waals surface area contributed by atoms with Crippen LogP contribution in [0.3, 0.4) is 0 Å². The van der Waals surface area contributed by atoms with Gasteiger partial charge in [-0.15, -0.1) is 0 Å². The summed E-state index contributed by atoms with van der Waals surface area (Å²) in [4.78, 5) is 23.6. The van der Waals surface area contributed by atoms with Gasteiger partial charge in [-0.1, -0.05) is 30.0 Å². The molecule has 0 saturated carbocycles. The molecule has 1 fully saturated rings. The van der Waals surface area contributed by atoms with Crippen molar-refractivity contribution in [3.63, 3.8) is 0 Å². The van der Waals surface area contributed by atoms with E-state index < -0.39 is 0 Å². The van der Waals surface area contributed by atoms with Crippen LogP contribution in [-0.4, -0.2) is 48.4 Å². The Morgan fingerprint density at radius 2 is 1.89 bits per heavy atom. The van der Waals surface area contributed by atoms with Gasteiger partial charge in [0, 0.05) is 12.1 Å². The SMILES string of the molecule is CC1CCCC(C)N1C(=O)CSc1ncnc2c1cnn2-c1ccccc1. The average Bonchev–Trinajstić information content (AvgIpc) is 3.11. The van der Waals surface area contributed by atoms with Crippen molar-refractivity contribution >= 4 is 28.7 Å². The topological polar surface area (TPSA) is 63.9 Å². The molecule has 7 heteroatoms. The molecule has 1 saturated heterocycles. The Morgan fingerprint density at radius 1 is 1.15 bits per heavy atom. The van der Waals surface area contributed by atoms with Crippen molar-refractivity contribution in [2.75, 3.05) is 5.75 Å². The summed E-state index contributed by atoms with van der Waals surface area (Å²) in [6, 6.07) is 10.5. The summed E-state index contributed by atoms with van der Waals surface area (Å²) in [5, 5.41) is 6.15. The molecule has 27 heavy (non-hydrogen) atoms. The van der Waals surface area contributed by atoms with Crippen LogP contribution in [0.15, 0.2) is 47.9 Å². The van der Waals surface area contributed by atoms with E-state index in [1.807, 2.05) is 35.2 Å². The first-order valence-corrected chi connectivity index (χ1v) is 10.3. The zero-order valence-corrected chi connectivity index (χ0v) is 16.4. The fourth-order valence-electron chi connectivity index (χ4n) is 3.81. The van der Waals surface area contributed by atoms with Gasteiger partial charge in [0.05, 0.1) is 23.0 Å². The molecule has 2 unspecified atom stereocenters. The number of amides is 1. The number of benzene rings is 1. The van der Waals surface area contributed by atoms with Crippen molar-refractivity contribution in [1.82, 2.24) is 24.6 Å². The van der Waals surface area contributed by atoms with E-state index in [1.165, 1.54) is 18.2 Å². The standard InChI is InChI=1S/C20H23N5OS/c1-14-7-6-8-15(2)24(14)18(26)12-27-20-17-11-23-25(19(17)21-13-22-20)16-9-4-3-5-10-16/h3-5,9-11,13-15H,6-8,12H2,1-2H3. The number of para-hydroxylation sites is 1. The molecule has 0 radical (unpaired) electrons. The van der Waals surface area contributed by atoms with Gasteiger partial charge in [-0.3, -0.25) is 4.79 Å². The van der Waals surface area contributed by atoms with Crippen molar-refractivity contribution in [3.8, 4) is 5.69 Å². The number of carbonyl (C=O) groups is 1. The third-order valence-corrected chi connectivity index (χ3v) is 6.13. The summed E-state index contributed by atoms with van der Waals surface area (Å²) in [7, 11) is 0. The number of likely N-dealkylation sites (tertiary alicyclic amines) is 1. The molecule has 0 bridgehead atoms. The van der Waals surface area contributed by atoms with E-state index in [0.29, 0.717) is 17.8 Å². The molecule has 1 aliphatic rings. The molecule has 2 atom stereocenters. The van der Waals surface area contributed by atoms with E-state index in [0.717, 1.165) is 34.6 Å². The summed E-state index contributed by atoms with van der Waals surface area (Å²) in [6.45, 7) is 4.29. The number of hydrogen-bond donors (Lipinski definition) is 0. The first-order chi connectivity index (χ1) is 13.1. The fourth-order valence-corrected chi connectivity index (χ4v) is 4.64. The minimum atomic E-state index is 0.182. The number of rotatable bonds is 4. The molecule has 3 heterocycles. The van der Waals surface area contributed by atoms with Gasteiger partial charge in [-0.25, -0.2) is 14.6 Å². The molecule has 0 spiro atoms. The molecule has 6 nitrogen and oxygen atoms in total. The molecule has 0 N–H and O–H groups in total. The molecule has 2 aromatic heterocycles. The number of aromatic nitrogens is 4. The van der Waals surface area contributed by atoms with Gasteiger partial charge in [-0.05, 0) is 45.2 Å². The Kier molecular flexibility index (Phi) is 5.11. The highest BCUT2D eigenvalue weighted by Gasteiger charge is 2.28. The van der Waals surface area contributed by atoms with E-state index in [1.54, 1.807) is 17.2 Å². The van der Waals surface area contributed by atoms with Gasteiger partial charge in [-0.2, -0.15) is 5.10 Å². The Labute approximate surface area is 163 Å². The summed E-state index contributed by atoms with van der Waals surface area (Å²) in [5.74, 6) is 0.569. The van der Waals surface area contributed by atoms with Crippen LogP contribution < -0.4 is 0 Å². The minimum absolute atomic E-state index is 0.182. The lowest BCUT2D eigenvalue weighted by atomic mass is 9.98. The molecule has 1 amide bonds. The maximum Gasteiger partial charge on any atom is 0.233 e. The van der Waals surface area contributed by atoms with Gasteiger partial charge in [0.25, 0.3) is 0 Å². The molecule has 3 aromatic rings. The Balaban J connectivity index is 1.55. The second-order valence-corrected chi connectivity index (χ2v) is 7.99. The number of carbonyl (C=O) groups excluding carboxylic acids is 1. The zero-order valence-electron chi connectivity index (χ0n) is 15.6. The lowest BCUT2D eigenvalue weighted by Crippen LogP contribution is -2.48. The van der Waals surface area contributed by atoms with Crippen LogP contribution in [-0.2, 0) is 4.79 Å². The molecule has 140 valence electrons. The van der Waals surface area contributed by atoms with Gasteiger partial charge in [0.1, 0.15) is 11.4 Å². The summed E-state index contributed by atoms with van der Waals surface area (Å²) in [6.07, 6.45) is 6.69. The molecule has 1 aromatic carbocycles. The second kappa shape index (κ2) is 7.68. The van der Waals surface area contributed by atoms with E-state index in [2.05, 4.69) is 28.9 Å². The van der Waals surface area contributed by atoms with Crippen molar-refractivity contribution in [3.05, 3.63) is 42.9 Å². The van der Waals surface area contributed by atoms with E-state index >= 15 is 0 Å². The van der Waals surface area contributed by atoms with Crippen molar-refractivity contribution in [1.29, 1.82) is 0 Å². The van der Waals surface area contributed by atoms with Crippen LogP contribution >= 0.6 is 11.8 Å². The van der Waals surface area contributed by atoms with Gasteiger partial charge < -0.3 is 4.90 Å². The predicted octanol–water partition coefficient (Wildman–Crippen LogP) is 3.70. The quantitative estimate of drug-likeness (QED) is 0.509. The van der Waals surface area contributed by atoms with E-state index in [-0.39, 0.29) is 5.91 Å². The first-order valence-electron chi connectivity index (χ1n) is 9.33. The molecule has 4 rings (SSSR count). The fraction of sp³-hybridized carbons (Fsp3) is 0.400. The van der Waals surface area contributed by atoms with Crippen LogP contribution in [0.25, 0.3) is 16.7 Å².